The molecule has 1 radical (unpaired) electrons. The van der Waals surface area contributed by atoms with E-state index in [1.807, 2.05) is 0 Å². The number of allylic oxidation sites excluding steroid dienone is 4. The van der Waals surface area contributed by atoms with Gasteiger partial charge in [0.15, 0.2) is 0 Å². The van der Waals surface area contributed by atoms with Crippen LogP contribution in [0.2, 0.25) is 5.54 Å². The highest BCUT2D eigenvalue weighted by Crippen LogP contribution is 2.41. The van der Waals surface area contributed by atoms with Crippen molar-refractivity contribution in [3.63, 3.8) is 0 Å². The van der Waals surface area contributed by atoms with Crippen LogP contribution in [0.25, 0.3) is 0 Å². The standard InChI is InChI=1S/C15H25O2Si/c1-3-16-18(17-4-2)15(13-9-5-6-10-13)14-11-7-8-12-14/h9,11,15H,3-8,10,12H2,1-2H3. The quantitative estimate of drug-likeness (QED) is 0.509. The predicted molar refractivity (Wildman–Crippen MR) is 76.6 cm³/mol. The molecule has 0 N–H and O–H groups in total. The van der Waals surface area contributed by atoms with Crippen LogP contribution in [0.5, 0.6) is 0 Å². The van der Waals surface area contributed by atoms with Gasteiger partial charge in [0, 0.05) is 18.8 Å². The van der Waals surface area contributed by atoms with Gasteiger partial charge in [-0.05, 0) is 52.4 Å². The normalized spacial score (nSPS) is 19.8. The van der Waals surface area contributed by atoms with Crippen molar-refractivity contribution < 1.29 is 8.85 Å². The number of hydrogen-bond acceptors (Lipinski definition) is 2. The number of hydrogen-bond donors (Lipinski definition) is 0. The van der Waals surface area contributed by atoms with Crippen LogP contribution in [-0.4, -0.2) is 22.5 Å². The maximum absolute atomic E-state index is 5.97. The van der Waals surface area contributed by atoms with E-state index in [9.17, 15) is 0 Å². The van der Waals surface area contributed by atoms with E-state index in [1.54, 1.807) is 11.1 Å². The lowest BCUT2D eigenvalue weighted by Crippen LogP contribution is -2.31. The summed E-state index contributed by atoms with van der Waals surface area (Å²) in [4.78, 5) is 0. The fraction of sp³-hybridized carbons (Fsp3) is 0.733. The third kappa shape index (κ3) is 3.34. The Kier molecular flexibility index (Phi) is 5.67. The molecule has 0 aliphatic heterocycles. The Hall–Kier alpha value is -0.383. The fourth-order valence-corrected chi connectivity index (χ4v) is 5.07. The lowest BCUT2D eigenvalue weighted by Gasteiger charge is -2.26. The summed E-state index contributed by atoms with van der Waals surface area (Å²) in [5.41, 5.74) is 3.68. The van der Waals surface area contributed by atoms with E-state index in [4.69, 9.17) is 8.85 Å². The molecular weight excluding hydrogens is 240 g/mol. The molecule has 2 aliphatic rings. The molecule has 3 heteroatoms. The second-order valence-corrected chi connectivity index (χ2v) is 6.75. The SMILES string of the molecule is CCO[Si](OCC)C(C1=CCCC1)C1=CCCC1. The molecule has 0 spiro atoms. The molecule has 0 aromatic heterocycles. The van der Waals surface area contributed by atoms with Gasteiger partial charge in [0.05, 0.1) is 0 Å². The van der Waals surface area contributed by atoms with E-state index in [0.717, 1.165) is 13.2 Å². The van der Waals surface area contributed by atoms with Crippen molar-refractivity contribution in [2.75, 3.05) is 13.2 Å². The van der Waals surface area contributed by atoms with Gasteiger partial charge in [-0.2, -0.15) is 0 Å². The zero-order chi connectivity index (χ0) is 12.8. The minimum absolute atomic E-state index is 0.486. The smallest absolute Gasteiger partial charge is 0.393 e. The summed E-state index contributed by atoms with van der Waals surface area (Å²) in [6.07, 6.45) is 12.5. The topological polar surface area (TPSA) is 18.5 Å². The molecule has 0 heterocycles. The molecule has 0 unspecified atom stereocenters. The minimum Gasteiger partial charge on any atom is -0.393 e. The van der Waals surface area contributed by atoms with Crippen molar-refractivity contribution in [3.05, 3.63) is 23.3 Å². The zero-order valence-corrected chi connectivity index (χ0v) is 12.7. The monoisotopic (exact) mass is 265 g/mol. The van der Waals surface area contributed by atoms with Crippen LogP contribution in [0.3, 0.4) is 0 Å². The van der Waals surface area contributed by atoms with Crippen LogP contribution in [0.1, 0.15) is 52.4 Å². The highest BCUT2D eigenvalue weighted by Gasteiger charge is 2.35. The summed E-state index contributed by atoms with van der Waals surface area (Å²) in [7, 11) is -1.19. The highest BCUT2D eigenvalue weighted by atomic mass is 28.3. The zero-order valence-electron chi connectivity index (χ0n) is 11.7. The number of rotatable bonds is 7. The molecule has 18 heavy (non-hydrogen) atoms. The van der Waals surface area contributed by atoms with Crippen molar-refractivity contribution in [2.45, 2.75) is 57.9 Å². The van der Waals surface area contributed by atoms with E-state index < -0.39 is 9.28 Å². The van der Waals surface area contributed by atoms with Crippen molar-refractivity contribution in [1.82, 2.24) is 0 Å². The summed E-state index contributed by atoms with van der Waals surface area (Å²) in [6, 6.07) is 0. The molecule has 0 saturated heterocycles. The molecule has 0 atom stereocenters. The molecule has 2 aliphatic carbocycles. The van der Waals surface area contributed by atoms with Crippen molar-refractivity contribution in [3.8, 4) is 0 Å². The van der Waals surface area contributed by atoms with Crippen LogP contribution >= 0.6 is 0 Å². The molecule has 0 aromatic carbocycles. The Morgan fingerprint density at radius 2 is 1.50 bits per heavy atom. The molecule has 2 rings (SSSR count). The summed E-state index contributed by atoms with van der Waals surface area (Å²) in [5.74, 6) is 0. The fourth-order valence-electron chi connectivity index (χ4n) is 2.95. The average Bonchev–Trinajstić information content (AvgIpc) is 3.03. The second kappa shape index (κ2) is 7.27. The molecular formula is C15H25O2Si. The third-order valence-electron chi connectivity index (χ3n) is 3.70. The van der Waals surface area contributed by atoms with Crippen molar-refractivity contribution in [1.29, 1.82) is 0 Å². The van der Waals surface area contributed by atoms with Gasteiger partial charge in [0.25, 0.3) is 0 Å². The first kappa shape index (κ1) is 14.0. The minimum atomic E-state index is -1.19. The van der Waals surface area contributed by atoms with Crippen LogP contribution in [-0.2, 0) is 8.85 Å². The summed E-state index contributed by atoms with van der Waals surface area (Å²) in [6.45, 7) is 5.69. The first-order valence-corrected chi connectivity index (χ1v) is 8.76. The van der Waals surface area contributed by atoms with Gasteiger partial charge in [-0.15, -0.1) is 0 Å². The van der Waals surface area contributed by atoms with E-state index in [1.165, 1.54) is 38.5 Å². The van der Waals surface area contributed by atoms with Gasteiger partial charge in [0.2, 0.25) is 0 Å². The van der Waals surface area contributed by atoms with Crippen LogP contribution in [0.15, 0.2) is 23.3 Å². The molecule has 0 fully saturated rings. The summed E-state index contributed by atoms with van der Waals surface area (Å²) >= 11 is 0. The first-order valence-electron chi connectivity index (χ1n) is 7.37. The van der Waals surface area contributed by atoms with Gasteiger partial charge in [-0.1, -0.05) is 23.3 Å². The van der Waals surface area contributed by atoms with Crippen molar-refractivity contribution >= 4 is 9.28 Å². The predicted octanol–water partition coefficient (Wildman–Crippen LogP) is 4.14. The Bertz CT molecular complexity index is 292. The Morgan fingerprint density at radius 1 is 1.00 bits per heavy atom. The van der Waals surface area contributed by atoms with Crippen LogP contribution < -0.4 is 0 Å². The second-order valence-electron chi connectivity index (χ2n) is 4.96. The highest BCUT2D eigenvalue weighted by molar-refractivity contribution is 6.48. The Labute approximate surface area is 113 Å². The van der Waals surface area contributed by atoms with Gasteiger partial charge in [-0.25, -0.2) is 0 Å². The van der Waals surface area contributed by atoms with Crippen molar-refractivity contribution in [2.24, 2.45) is 0 Å². The lowest BCUT2D eigenvalue weighted by atomic mass is 10.0. The van der Waals surface area contributed by atoms with E-state index in [0.29, 0.717) is 5.54 Å². The van der Waals surface area contributed by atoms with E-state index >= 15 is 0 Å². The van der Waals surface area contributed by atoms with Gasteiger partial charge in [-0.3, -0.25) is 0 Å². The maximum atomic E-state index is 5.97. The largest absolute Gasteiger partial charge is 0.396 e. The third-order valence-corrected chi connectivity index (χ3v) is 6.06. The van der Waals surface area contributed by atoms with Gasteiger partial charge in [0.1, 0.15) is 0 Å². The maximum Gasteiger partial charge on any atom is 0.396 e. The molecule has 0 saturated carbocycles. The molecule has 2 nitrogen and oxygen atoms in total. The molecule has 0 amide bonds. The molecule has 0 bridgehead atoms. The van der Waals surface area contributed by atoms with Gasteiger partial charge >= 0.3 is 9.28 Å². The van der Waals surface area contributed by atoms with Gasteiger partial charge < -0.3 is 8.85 Å². The average molecular weight is 265 g/mol. The summed E-state index contributed by atoms with van der Waals surface area (Å²) < 4.78 is 11.9. The van der Waals surface area contributed by atoms with Crippen LogP contribution in [0.4, 0.5) is 0 Å². The first-order chi connectivity index (χ1) is 8.86. The lowest BCUT2D eigenvalue weighted by molar-refractivity contribution is 0.209. The molecule has 101 valence electrons. The van der Waals surface area contributed by atoms with E-state index in [2.05, 4.69) is 26.0 Å². The van der Waals surface area contributed by atoms with E-state index in [-0.39, 0.29) is 0 Å². The Balaban J connectivity index is 2.15. The van der Waals surface area contributed by atoms with Crippen LogP contribution in [0, 0.1) is 0 Å². The molecule has 0 aromatic rings. The summed E-state index contributed by atoms with van der Waals surface area (Å²) in [5, 5.41) is 0. The Morgan fingerprint density at radius 3 is 1.83 bits per heavy atom.